The van der Waals surface area contributed by atoms with Gasteiger partial charge in [0.1, 0.15) is 29.4 Å². The van der Waals surface area contributed by atoms with Gasteiger partial charge in [0.05, 0.1) is 5.69 Å². The van der Waals surface area contributed by atoms with Crippen LogP contribution in [-0.2, 0) is 7.05 Å². The average molecular weight is 407 g/mol. The molecule has 9 nitrogen and oxygen atoms in total. The van der Waals surface area contributed by atoms with Crippen LogP contribution >= 0.6 is 0 Å². The fourth-order valence-electron chi connectivity index (χ4n) is 3.62. The number of anilines is 1. The van der Waals surface area contributed by atoms with Gasteiger partial charge in [0.25, 0.3) is 11.5 Å². The van der Waals surface area contributed by atoms with E-state index in [-0.39, 0.29) is 17.0 Å². The molecule has 0 saturated carbocycles. The van der Waals surface area contributed by atoms with Crippen LogP contribution < -0.4 is 10.5 Å². The zero-order valence-corrected chi connectivity index (χ0v) is 17.7. The van der Waals surface area contributed by atoms with Crippen molar-refractivity contribution in [3.05, 3.63) is 63.9 Å². The molecular formula is C21H25N7O2. The van der Waals surface area contributed by atoms with Crippen molar-refractivity contribution in [2.75, 3.05) is 31.1 Å². The van der Waals surface area contributed by atoms with Crippen molar-refractivity contribution >= 4 is 11.7 Å². The topological polar surface area (TPSA) is 89.2 Å². The fourth-order valence-corrected chi connectivity index (χ4v) is 3.62. The number of hydrogen-bond acceptors (Lipinski definition) is 6. The number of piperazine rings is 1. The summed E-state index contributed by atoms with van der Waals surface area (Å²) in [4.78, 5) is 42.4. The van der Waals surface area contributed by atoms with Crippen LogP contribution in [0.2, 0.25) is 0 Å². The lowest BCUT2D eigenvalue weighted by atomic mass is 10.2. The molecule has 0 aliphatic carbocycles. The maximum Gasteiger partial charge on any atom is 0.263 e. The van der Waals surface area contributed by atoms with E-state index in [9.17, 15) is 9.59 Å². The molecule has 3 aromatic rings. The van der Waals surface area contributed by atoms with E-state index in [0.717, 1.165) is 23.0 Å². The molecule has 0 unspecified atom stereocenters. The predicted molar refractivity (Wildman–Crippen MR) is 113 cm³/mol. The number of nitrogens with zero attached hydrogens (tertiary/aromatic N) is 7. The standard InChI is InChI=1S/C21H25N7O2/c1-14-15(2)28(13-22-14)19-12-18(23-16(3)24-19)26-8-10-27(11-9-26)21(30)17-6-5-7-25(4)20(17)29/h5-7,12-13H,8-11H2,1-4H3. The van der Waals surface area contributed by atoms with Crippen LogP contribution in [0.4, 0.5) is 5.82 Å². The van der Waals surface area contributed by atoms with Crippen LogP contribution in [0.1, 0.15) is 27.6 Å². The smallest absolute Gasteiger partial charge is 0.263 e. The van der Waals surface area contributed by atoms with E-state index in [4.69, 9.17) is 0 Å². The summed E-state index contributed by atoms with van der Waals surface area (Å²) in [5.41, 5.74) is 1.94. The van der Waals surface area contributed by atoms with Crippen LogP contribution in [0.5, 0.6) is 0 Å². The summed E-state index contributed by atoms with van der Waals surface area (Å²) in [6.07, 6.45) is 3.42. The largest absolute Gasteiger partial charge is 0.353 e. The Morgan fingerprint density at radius 3 is 2.40 bits per heavy atom. The SMILES string of the molecule is Cc1nc(N2CCN(C(=O)c3cccn(C)c3=O)CC2)cc(-n2cnc(C)c2C)n1. The second kappa shape index (κ2) is 7.74. The molecule has 0 atom stereocenters. The van der Waals surface area contributed by atoms with Crippen molar-refractivity contribution in [3.63, 3.8) is 0 Å². The molecule has 30 heavy (non-hydrogen) atoms. The Kier molecular flexibility index (Phi) is 5.11. The molecule has 0 N–H and O–H groups in total. The van der Waals surface area contributed by atoms with Gasteiger partial charge >= 0.3 is 0 Å². The molecule has 156 valence electrons. The first-order valence-corrected chi connectivity index (χ1v) is 9.91. The molecule has 0 spiro atoms. The van der Waals surface area contributed by atoms with Crippen LogP contribution in [-0.4, -0.2) is 61.1 Å². The Morgan fingerprint density at radius 2 is 1.73 bits per heavy atom. The normalized spacial score (nSPS) is 14.3. The van der Waals surface area contributed by atoms with Crippen molar-refractivity contribution < 1.29 is 4.79 Å². The summed E-state index contributed by atoms with van der Waals surface area (Å²) in [5, 5.41) is 0. The third kappa shape index (κ3) is 3.58. The summed E-state index contributed by atoms with van der Waals surface area (Å²) in [6.45, 7) is 8.18. The lowest BCUT2D eigenvalue weighted by Crippen LogP contribution is -2.50. The first kappa shape index (κ1) is 19.8. The third-order valence-corrected chi connectivity index (χ3v) is 5.55. The Labute approximate surface area is 174 Å². The van der Waals surface area contributed by atoms with Crippen molar-refractivity contribution in [2.24, 2.45) is 7.05 Å². The fraction of sp³-hybridized carbons (Fsp3) is 0.381. The zero-order valence-electron chi connectivity index (χ0n) is 17.7. The minimum atomic E-state index is -0.271. The van der Waals surface area contributed by atoms with Gasteiger partial charge in [-0.3, -0.25) is 14.2 Å². The predicted octanol–water partition coefficient (Wildman–Crippen LogP) is 1.25. The van der Waals surface area contributed by atoms with Crippen molar-refractivity contribution in [3.8, 4) is 5.82 Å². The minimum absolute atomic E-state index is 0.208. The van der Waals surface area contributed by atoms with E-state index in [0.29, 0.717) is 32.0 Å². The quantitative estimate of drug-likeness (QED) is 0.649. The summed E-state index contributed by atoms with van der Waals surface area (Å²) in [7, 11) is 1.65. The Bertz CT molecular complexity index is 1160. The molecule has 1 saturated heterocycles. The first-order chi connectivity index (χ1) is 14.3. The van der Waals surface area contributed by atoms with Crippen LogP contribution in [0.25, 0.3) is 5.82 Å². The highest BCUT2D eigenvalue weighted by molar-refractivity contribution is 5.94. The highest BCUT2D eigenvalue weighted by Gasteiger charge is 2.25. The van der Waals surface area contributed by atoms with E-state index < -0.39 is 0 Å². The molecule has 1 fully saturated rings. The number of carbonyl (C=O) groups excluding carboxylic acids is 1. The monoisotopic (exact) mass is 407 g/mol. The molecule has 3 aromatic heterocycles. The zero-order chi connectivity index (χ0) is 21.4. The summed E-state index contributed by atoms with van der Waals surface area (Å²) in [5.74, 6) is 2.06. The van der Waals surface area contributed by atoms with E-state index in [1.54, 1.807) is 36.6 Å². The van der Waals surface area contributed by atoms with Crippen LogP contribution in [0.15, 0.2) is 35.5 Å². The highest BCUT2D eigenvalue weighted by atomic mass is 16.2. The lowest BCUT2D eigenvalue weighted by Gasteiger charge is -2.35. The second-order valence-corrected chi connectivity index (χ2v) is 7.53. The molecule has 0 aromatic carbocycles. The van der Waals surface area contributed by atoms with Gasteiger partial charge in [-0.15, -0.1) is 0 Å². The van der Waals surface area contributed by atoms with Gasteiger partial charge in [0.2, 0.25) is 0 Å². The highest BCUT2D eigenvalue weighted by Crippen LogP contribution is 2.20. The Balaban J connectivity index is 1.52. The van der Waals surface area contributed by atoms with Gasteiger partial charge in [-0.2, -0.15) is 0 Å². The number of amides is 1. The van der Waals surface area contributed by atoms with Gasteiger partial charge in [-0.25, -0.2) is 15.0 Å². The minimum Gasteiger partial charge on any atom is -0.353 e. The molecule has 9 heteroatoms. The van der Waals surface area contributed by atoms with E-state index >= 15 is 0 Å². The molecular weight excluding hydrogens is 382 g/mol. The molecule has 1 aliphatic heterocycles. The number of rotatable bonds is 3. The van der Waals surface area contributed by atoms with E-state index in [2.05, 4.69) is 19.9 Å². The number of hydrogen-bond donors (Lipinski definition) is 0. The van der Waals surface area contributed by atoms with Crippen molar-refractivity contribution in [1.82, 2.24) is 29.0 Å². The second-order valence-electron chi connectivity index (χ2n) is 7.53. The van der Waals surface area contributed by atoms with Crippen LogP contribution in [0, 0.1) is 20.8 Å². The van der Waals surface area contributed by atoms with Crippen molar-refractivity contribution in [2.45, 2.75) is 20.8 Å². The number of carbonyl (C=O) groups is 1. The Morgan fingerprint density at radius 1 is 1.03 bits per heavy atom. The Hall–Kier alpha value is -3.49. The van der Waals surface area contributed by atoms with Gasteiger partial charge in [-0.05, 0) is 32.9 Å². The van der Waals surface area contributed by atoms with Crippen LogP contribution in [0.3, 0.4) is 0 Å². The summed E-state index contributed by atoms with van der Waals surface area (Å²) in [6, 6.07) is 5.26. The molecule has 4 rings (SSSR count). The molecule has 1 amide bonds. The number of aromatic nitrogens is 5. The molecule has 4 heterocycles. The number of aryl methyl sites for hydroxylation is 3. The van der Waals surface area contributed by atoms with Crippen molar-refractivity contribution in [1.29, 1.82) is 0 Å². The maximum absolute atomic E-state index is 12.8. The summed E-state index contributed by atoms with van der Waals surface area (Å²) >= 11 is 0. The molecule has 0 bridgehead atoms. The number of pyridine rings is 1. The first-order valence-electron chi connectivity index (χ1n) is 9.91. The summed E-state index contributed by atoms with van der Waals surface area (Å²) < 4.78 is 3.38. The third-order valence-electron chi connectivity index (χ3n) is 5.55. The maximum atomic E-state index is 12.8. The van der Waals surface area contributed by atoms with E-state index in [1.165, 1.54) is 4.57 Å². The molecule has 1 aliphatic rings. The van der Waals surface area contributed by atoms with Gasteiger partial charge in [0, 0.05) is 51.2 Å². The van der Waals surface area contributed by atoms with Gasteiger partial charge < -0.3 is 14.4 Å². The average Bonchev–Trinajstić information content (AvgIpc) is 3.08. The molecule has 0 radical (unpaired) electrons. The van der Waals surface area contributed by atoms with Gasteiger partial charge in [0.15, 0.2) is 0 Å². The van der Waals surface area contributed by atoms with E-state index in [1.807, 2.05) is 31.4 Å². The number of imidazole rings is 1. The lowest BCUT2D eigenvalue weighted by molar-refractivity contribution is 0.0744. The van der Waals surface area contributed by atoms with Gasteiger partial charge in [-0.1, -0.05) is 0 Å².